The van der Waals surface area contributed by atoms with Gasteiger partial charge in [0.15, 0.2) is 0 Å². The highest BCUT2D eigenvalue weighted by Gasteiger charge is 1.51. The van der Waals surface area contributed by atoms with E-state index in [1.54, 1.807) is 0 Å². The second-order valence-electron chi connectivity index (χ2n) is 0.742. The second kappa shape index (κ2) is 34.8. The Morgan fingerprint density at radius 3 is 0.889 bits per heavy atom. The first-order valence-electron chi connectivity index (χ1n) is 0.983. The van der Waals surface area contributed by atoms with Crippen molar-refractivity contribution in [3.8, 4) is 0 Å². The molecule has 0 radical (unpaired) electrons. The van der Waals surface area contributed by atoms with Crippen LogP contribution in [0.15, 0.2) is 0 Å². The summed E-state index contributed by atoms with van der Waals surface area (Å²) in [5.74, 6) is 0. The average Bonchev–Trinajstić information content (AvgIpc) is 0.811. The van der Waals surface area contributed by atoms with Crippen LogP contribution in [0, 0.1) is 0 Å². The SMILES string of the molecule is C.C.C.CS(C)=S.S.S. The van der Waals surface area contributed by atoms with Crippen molar-refractivity contribution in [1.29, 1.82) is 0 Å². The molecular weight excluding hydrogens is 188 g/mol. The molecule has 4 heteroatoms. The van der Waals surface area contributed by atoms with Gasteiger partial charge in [-0.3, -0.25) is 0 Å². The summed E-state index contributed by atoms with van der Waals surface area (Å²) in [5, 5.41) is 0. The van der Waals surface area contributed by atoms with Gasteiger partial charge < -0.3 is 0 Å². The third-order valence-electron chi connectivity index (χ3n) is 0. The van der Waals surface area contributed by atoms with Crippen molar-refractivity contribution in [2.75, 3.05) is 12.5 Å². The Morgan fingerprint density at radius 2 is 0.889 bits per heavy atom. The van der Waals surface area contributed by atoms with E-state index in [2.05, 4.69) is 11.2 Å². The van der Waals surface area contributed by atoms with Gasteiger partial charge in [0.1, 0.15) is 0 Å². The predicted octanol–water partition coefficient (Wildman–Crippen LogP) is 2.46. The van der Waals surface area contributed by atoms with Crippen LogP contribution in [0.1, 0.15) is 22.3 Å². The molecule has 0 rings (SSSR count). The van der Waals surface area contributed by atoms with E-state index in [0.29, 0.717) is 0 Å². The van der Waals surface area contributed by atoms with E-state index in [0.717, 1.165) is 0 Å². The number of rotatable bonds is 0. The molecule has 0 aromatic heterocycles. The van der Waals surface area contributed by atoms with Crippen molar-refractivity contribution in [3.05, 3.63) is 0 Å². The van der Waals surface area contributed by atoms with Crippen LogP contribution in [0.4, 0.5) is 0 Å². The van der Waals surface area contributed by atoms with Crippen molar-refractivity contribution in [2.45, 2.75) is 22.3 Å². The van der Waals surface area contributed by atoms with Crippen LogP contribution in [0.25, 0.3) is 0 Å². The van der Waals surface area contributed by atoms with E-state index in [4.69, 9.17) is 0 Å². The lowest BCUT2D eigenvalue weighted by atomic mass is 11.9. The smallest absolute Gasteiger partial charge is 0.0140 e. The fraction of sp³-hybridized carbons (Fsp3) is 1.00. The minimum atomic E-state index is 0. The van der Waals surface area contributed by atoms with E-state index in [1.165, 1.54) is 0 Å². The van der Waals surface area contributed by atoms with Gasteiger partial charge >= 0.3 is 0 Å². The molecule has 0 aliphatic heterocycles. The summed E-state index contributed by atoms with van der Waals surface area (Å²) in [6.45, 7) is 0. The fourth-order valence-electron chi connectivity index (χ4n) is 0. The van der Waals surface area contributed by atoms with Crippen LogP contribution in [0.2, 0.25) is 0 Å². The molecule has 0 spiro atoms. The van der Waals surface area contributed by atoms with E-state index in [9.17, 15) is 0 Å². The van der Waals surface area contributed by atoms with E-state index in [-0.39, 0.29) is 58.7 Å². The molecule has 0 nitrogen and oxygen atoms in total. The van der Waals surface area contributed by atoms with Crippen LogP contribution in [0.3, 0.4) is 0 Å². The number of hydrogen-bond acceptors (Lipinski definition) is 1. The Bertz CT molecular complexity index is 31.9. The maximum absolute atomic E-state index is 4.65. The molecule has 0 amide bonds. The first-order chi connectivity index (χ1) is 1.73. The third kappa shape index (κ3) is 304. The summed E-state index contributed by atoms with van der Waals surface area (Å²) in [4.78, 5) is 0. The van der Waals surface area contributed by atoms with Gasteiger partial charge in [-0.25, -0.2) is 0 Å². The van der Waals surface area contributed by atoms with E-state index < -0.39 is 0 Å². The molecule has 0 aromatic rings. The van der Waals surface area contributed by atoms with Crippen LogP contribution in [0.5, 0.6) is 0 Å². The lowest BCUT2D eigenvalue weighted by molar-refractivity contribution is 2.35. The Morgan fingerprint density at radius 1 is 0.889 bits per heavy atom. The summed E-state index contributed by atoms with van der Waals surface area (Å²) in [6.07, 6.45) is 4.02. The van der Waals surface area contributed by atoms with Gasteiger partial charge in [0, 0.05) is 0 Å². The minimum Gasteiger partial charge on any atom is -0.197 e. The van der Waals surface area contributed by atoms with Crippen LogP contribution >= 0.6 is 27.0 Å². The standard InChI is InChI=1S/C2H6S2.3CH4.2H2S/c1-4(2)3;;;;;/h1-2H3;3*1H4;2*1H2. The molecule has 0 N–H and O–H groups in total. The highest BCUT2D eigenvalue weighted by molar-refractivity contribution is 8.28. The number of hydrogen-bond donors (Lipinski definition) is 0. The lowest BCUT2D eigenvalue weighted by Gasteiger charge is -1.66. The molecule has 0 fully saturated rings. The molecule has 0 atom stereocenters. The Balaban J connectivity index is -0.00000000450. The van der Waals surface area contributed by atoms with Crippen LogP contribution in [-0.2, 0) is 20.6 Å². The third-order valence-corrected chi connectivity index (χ3v) is 0. The summed E-state index contributed by atoms with van der Waals surface area (Å²) >= 11 is 4.65. The second-order valence-corrected chi connectivity index (χ2v) is 4.22. The molecule has 9 heavy (non-hydrogen) atoms. The zero-order valence-electron chi connectivity index (χ0n) is 3.82. The van der Waals surface area contributed by atoms with Gasteiger partial charge in [0.25, 0.3) is 0 Å². The molecule has 0 aliphatic rings. The fourth-order valence-corrected chi connectivity index (χ4v) is 0. The molecule has 0 heterocycles. The first-order valence-corrected chi connectivity index (χ1v) is 3.95. The highest BCUT2D eigenvalue weighted by atomic mass is 32.8. The van der Waals surface area contributed by atoms with Gasteiger partial charge in [-0.2, -0.15) is 27.0 Å². The van der Waals surface area contributed by atoms with Crippen molar-refractivity contribution >= 4 is 47.6 Å². The molecule has 0 unspecified atom stereocenters. The largest absolute Gasteiger partial charge is 0.197 e. The molecule has 0 bridgehead atoms. The van der Waals surface area contributed by atoms with Gasteiger partial charge in [0.05, 0.1) is 0 Å². The van der Waals surface area contributed by atoms with Crippen molar-refractivity contribution in [3.63, 3.8) is 0 Å². The molecule has 66 valence electrons. The topological polar surface area (TPSA) is 0 Å². The van der Waals surface area contributed by atoms with Gasteiger partial charge in [-0.1, -0.05) is 33.5 Å². The van der Waals surface area contributed by atoms with Gasteiger partial charge in [-0.15, -0.1) is 9.45 Å². The molecule has 0 aromatic carbocycles. The first kappa shape index (κ1) is 48.4. The highest BCUT2D eigenvalue weighted by Crippen LogP contribution is 1.50. The zero-order valence-corrected chi connectivity index (χ0v) is 7.45. The lowest BCUT2D eigenvalue weighted by Crippen LogP contribution is -1.67. The summed E-state index contributed by atoms with van der Waals surface area (Å²) < 4.78 is 0. The van der Waals surface area contributed by atoms with Crippen LogP contribution < -0.4 is 0 Å². The quantitative estimate of drug-likeness (QED) is 0.592. The monoisotopic (exact) mass is 210 g/mol. The maximum atomic E-state index is 4.65. The molecule has 0 saturated heterocycles. The molecular formula is C5H22S4. The van der Waals surface area contributed by atoms with E-state index in [1.807, 2.05) is 12.5 Å². The van der Waals surface area contributed by atoms with Crippen molar-refractivity contribution in [2.24, 2.45) is 0 Å². The summed E-state index contributed by atoms with van der Waals surface area (Å²) in [5.41, 5.74) is 0. The van der Waals surface area contributed by atoms with Gasteiger partial charge in [-0.05, 0) is 12.5 Å². The van der Waals surface area contributed by atoms with Crippen LogP contribution in [-0.4, -0.2) is 12.5 Å². The normalized spacial score (nSPS) is 3.89. The average molecular weight is 210 g/mol. The minimum absolute atomic E-state index is 0. The Labute approximate surface area is 82.3 Å². The van der Waals surface area contributed by atoms with Crippen molar-refractivity contribution in [1.82, 2.24) is 0 Å². The summed E-state index contributed by atoms with van der Waals surface area (Å²) in [7, 11) is 0.222. The Kier molecular flexibility index (Phi) is 187. The van der Waals surface area contributed by atoms with Crippen molar-refractivity contribution < 1.29 is 0 Å². The maximum Gasteiger partial charge on any atom is -0.0140 e. The van der Waals surface area contributed by atoms with E-state index >= 15 is 0 Å². The summed E-state index contributed by atoms with van der Waals surface area (Å²) in [6, 6.07) is 0. The van der Waals surface area contributed by atoms with Gasteiger partial charge in [0.2, 0.25) is 0 Å². The predicted molar refractivity (Wildman–Crippen MR) is 67.5 cm³/mol. The molecule has 0 aliphatic carbocycles. The zero-order chi connectivity index (χ0) is 3.58. The molecule has 0 saturated carbocycles. The Hall–Kier alpha value is 1.27.